The lowest BCUT2D eigenvalue weighted by atomic mass is 9.96. The van der Waals surface area contributed by atoms with Gasteiger partial charge in [0.2, 0.25) is 0 Å². The molecule has 0 aromatic heterocycles. The van der Waals surface area contributed by atoms with Crippen molar-refractivity contribution in [2.24, 2.45) is 10.7 Å². The Balaban J connectivity index is 0.00000312. The van der Waals surface area contributed by atoms with Crippen LogP contribution < -0.4 is 11.1 Å². The molecule has 0 radical (unpaired) electrons. The fraction of sp³-hybridized carbons (Fsp3) is 0.944. The van der Waals surface area contributed by atoms with Gasteiger partial charge in [0.05, 0.1) is 25.3 Å². The van der Waals surface area contributed by atoms with Gasteiger partial charge in [-0.1, -0.05) is 39.0 Å². The molecule has 0 aromatic carbocycles. The molecular formula is C18H37IN4OS. The van der Waals surface area contributed by atoms with Gasteiger partial charge in [-0.3, -0.25) is 9.89 Å². The molecule has 7 heteroatoms. The SMILES string of the molecule is CCCCCCCCNC(N)=NCC1(N2CCOCC2)CCSC1.I. The van der Waals surface area contributed by atoms with E-state index in [0.717, 1.165) is 39.4 Å². The second-order valence-corrected chi connectivity index (χ2v) is 8.13. The summed E-state index contributed by atoms with van der Waals surface area (Å²) in [4.78, 5) is 7.27. The Kier molecular flexibility index (Phi) is 12.5. The lowest BCUT2D eigenvalue weighted by Crippen LogP contribution is -2.56. The Morgan fingerprint density at radius 1 is 1.20 bits per heavy atom. The third-order valence-corrected chi connectivity index (χ3v) is 6.38. The summed E-state index contributed by atoms with van der Waals surface area (Å²) in [6.07, 6.45) is 9.05. The predicted octanol–water partition coefficient (Wildman–Crippen LogP) is 3.08. The van der Waals surface area contributed by atoms with Gasteiger partial charge in [-0.25, -0.2) is 0 Å². The van der Waals surface area contributed by atoms with Gasteiger partial charge < -0.3 is 15.8 Å². The summed E-state index contributed by atoms with van der Waals surface area (Å²) in [5, 5.41) is 3.30. The van der Waals surface area contributed by atoms with Crippen LogP contribution in [0, 0.1) is 0 Å². The summed E-state index contributed by atoms with van der Waals surface area (Å²) in [7, 11) is 0. The molecule has 0 aliphatic carbocycles. The number of guanidine groups is 1. The molecule has 0 amide bonds. The third-order valence-electron chi connectivity index (χ3n) is 5.14. The molecule has 0 saturated carbocycles. The summed E-state index contributed by atoms with van der Waals surface area (Å²) >= 11 is 2.04. The fourth-order valence-electron chi connectivity index (χ4n) is 3.52. The molecule has 25 heavy (non-hydrogen) atoms. The van der Waals surface area contributed by atoms with E-state index in [1.807, 2.05) is 11.8 Å². The number of hydrogen-bond donors (Lipinski definition) is 2. The summed E-state index contributed by atoms with van der Waals surface area (Å²) < 4.78 is 5.51. The van der Waals surface area contributed by atoms with Gasteiger partial charge in [0.25, 0.3) is 0 Å². The number of halogens is 1. The topological polar surface area (TPSA) is 62.9 Å². The highest BCUT2D eigenvalue weighted by Crippen LogP contribution is 2.34. The van der Waals surface area contributed by atoms with Crippen molar-refractivity contribution in [3.8, 4) is 0 Å². The summed E-state index contributed by atoms with van der Waals surface area (Å²) in [5.74, 6) is 3.02. The first-order chi connectivity index (χ1) is 11.8. The van der Waals surface area contributed by atoms with Crippen LogP contribution in [0.5, 0.6) is 0 Å². The summed E-state index contributed by atoms with van der Waals surface area (Å²) in [5.41, 5.74) is 6.29. The molecular weight excluding hydrogens is 447 g/mol. The van der Waals surface area contributed by atoms with Crippen molar-refractivity contribution in [3.63, 3.8) is 0 Å². The highest BCUT2D eigenvalue weighted by atomic mass is 127. The van der Waals surface area contributed by atoms with E-state index in [1.165, 1.54) is 56.5 Å². The van der Waals surface area contributed by atoms with Crippen LogP contribution in [0.4, 0.5) is 0 Å². The first kappa shape index (κ1) is 23.3. The number of ether oxygens (including phenoxy) is 1. The quantitative estimate of drug-likeness (QED) is 0.216. The van der Waals surface area contributed by atoms with Crippen molar-refractivity contribution in [3.05, 3.63) is 0 Å². The predicted molar refractivity (Wildman–Crippen MR) is 120 cm³/mol. The Labute approximate surface area is 175 Å². The minimum Gasteiger partial charge on any atom is -0.379 e. The number of unbranched alkanes of at least 4 members (excludes halogenated alkanes) is 5. The van der Waals surface area contributed by atoms with E-state index in [2.05, 4.69) is 22.1 Å². The van der Waals surface area contributed by atoms with Gasteiger partial charge in [0, 0.05) is 25.4 Å². The van der Waals surface area contributed by atoms with Gasteiger partial charge in [0.15, 0.2) is 5.96 Å². The number of thioether (sulfide) groups is 1. The highest BCUT2D eigenvalue weighted by molar-refractivity contribution is 14.0. The van der Waals surface area contributed by atoms with Crippen molar-refractivity contribution in [1.82, 2.24) is 10.2 Å². The third kappa shape index (κ3) is 8.22. The number of hydrogen-bond acceptors (Lipinski definition) is 4. The number of morpholine rings is 1. The van der Waals surface area contributed by atoms with Crippen LogP contribution in [0.3, 0.4) is 0 Å². The lowest BCUT2D eigenvalue weighted by Gasteiger charge is -2.42. The van der Waals surface area contributed by atoms with E-state index in [9.17, 15) is 0 Å². The first-order valence-electron chi connectivity index (χ1n) is 9.71. The second kappa shape index (κ2) is 13.4. The minimum atomic E-state index is 0. The Hall–Kier alpha value is 0.270. The van der Waals surface area contributed by atoms with Crippen LogP contribution in [0.15, 0.2) is 4.99 Å². The van der Waals surface area contributed by atoms with Gasteiger partial charge >= 0.3 is 0 Å². The highest BCUT2D eigenvalue weighted by Gasteiger charge is 2.40. The van der Waals surface area contributed by atoms with E-state index < -0.39 is 0 Å². The van der Waals surface area contributed by atoms with Gasteiger partial charge in [-0.05, 0) is 18.6 Å². The fourth-order valence-corrected chi connectivity index (χ4v) is 4.99. The van der Waals surface area contributed by atoms with Crippen LogP contribution in [0.2, 0.25) is 0 Å². The van der Waals surface area contributed by atoms with Crippen molar-refractivity contribution >= 4 is 41.7 Å². The zero-order valence-electron chi connectivity index (χ0n) is 15.8. The molecule has 1 atom stereocenters. The van der Waals surface area contributed by atoms with E-state index in [0.29, 0.717) is 5.96 Å². The standard InChI is InChI=1S/C18H36N4OS.HI/c1-2-3-4-5-6-7-9-20-17(19)21-15-18(8-14-24-16-18)22-10-12-23-13-11-22;/h2-16H2,1H3,(H3,19,20,21);1H. The molecule has 2 aliphatic heterocycles. The zero-order valence-corrected chi connectivity index (χ0v) is 18.9. The molecule has 0 aromatic rings. The first-order valence-corrected chi connectivity index (χ1v) is 10.9. The number of nitrogens with zero attached hydrogens (tertiary/aromatic N) is 2. The van der Waals surface area contributed by atoms with E-state index in [1.54, 1.807) is 0 Å². The number of aliphatic imine (C=N–C) groups is 1. The zero-order chi connectivity index (χ0) is 17.1. The lowest BCUT2D eigenvalue weighted by molar-refractivity contribution is -0.0104. The number of rotatable bonds is 10. The van der Waals surface area contributed by atoms with Crippen molar-refractivity contribution < 1.29 is 4.74 Å². The van der Waals surface area contributed by atoms with Crippen molar-refractivity contribution in [1.29, 1.82) is 0 Å². The molecule has 3 N–H and O–H groups in total. The molecule has 1 unspecified atom stereocenters. The van der Waals surface area contributed by atoms with E-state index in [4.69, 9.17) is 10.5 Å². The monoisotopic (exact) mass is 484 g/mol. The maximum absolute atomic E-state index is 6.09. The largest absolute Gasteiger partial charge is 0.379 e. The number of nitrogens with two attached hydrogens (primary N) is 1. The average molecular weight is 484 g/mol. The van der Waals surface area contributed by atoms with Crippen LogP contribution in [-0.4, -0.2) is 67.3 Å². The van der Waals surface area contributed by atoms with Crippen LogP contribution in [0.25, 0.3) is 0 Å². The average Bonchev–Trinajstić information content (AvgIpc) is 3.10. The second-order valence-electron chi connectivity index (χ2n) is 7.02. The molecule has 2 saturated heterocycles. The molecule has 2 heterocycles. The minimum absolute atomic E-state index is 0. The van der Waals surface area contributed by atoms with E-state index in [-0.39, 0.29) is 29.5 Å². The molecule has 0 bridgehead atoms. The molecule has 2 fully saturated rings. The molecule has 2 rings (SSSR count). The van der Waals surface area contributed by atoms with Gasteiger partial charge in [0.1, 0.15) is 0 Å². The van der Waals surface area contributed by atoms with Crippen LogP contribution >= 0.6 is 35.7 Å². The Morgan fingerprint density at radius 3 is 2.60 bits per heavy atom. The number of nitrogens with one attached hydrogen (secondary N) is 1. The van der Waals surface area contributed by atoms with Crippen LogP contribution in [-0.2, 0) is 4.74 Å². The van der Waals surface area contributed by atoms with Crippen LogP contribution in [0.1, 0.15) is 51.9 Å². The maximum Gasteiger partial charge on any atom is 0.188 e. The van der Waals surface area contributed by atoms with Gasteiger partial charge in [-0.2, -0.15) is 11.8 Å². The maximum atomic E-state index is 6.09. The molecule has 148 valence electrons. The molecule has 2 aliphatic rings. The molecule has 5 nitrogen and oxygen atoms in total. The van der Waals surface area contributed by atoms with Crippen molar-refractivity contribution in [2.75, 3.05) is 50.9 Å². The van der Waals surface area contributed by atoms with Gasteiger partial charge in [-0.15, -0.1) is 24.0 Å². The van der Waals surface area contributed by atoms with Crippen molar-refractivity contribution in [2.45, 2.75) is 57.4 Å². The Morgan fingerprint density at radius 2 is 1.92 bits per heavy atom. The Bertz CT molecular complexity index is 372. The van der Waals surface area contributed by atoms with E-state index >= 15 is 0 Å². The molecule has 0 spiro atoms. The smallest absolute Gasteiger partial charge is 0.188 e. The summed E-state index contributed by atoms with van der Waals surface area (Å²) in [6, 6.07) is 0. The normalized spacial score (nSPS) is 24.9. The summed E-state index contributed by atoms with van der Waals surface area (Å²) in [6.45, 7) is 7.77.